The van der Waals surface area contributed by atoms with Gasteiger partial charge in [-0.15, -0.1) is 0 Å². The van der Waals surface area contributed by atoms with Gasteiger partial charge < -0.3 is 9.84 Å². The van der Waals surface area contributed by atoms with Crippen molar-refractivity contribution >= 4 is 17.7 Å². The topological polar surface area (TPSA) is 59.4 Å². The van der Waals surface area contributed by atoms with E-state index in [0.717, 1.165) is 10.6 Å². The summed E-state index contributed by atoms with van der Waals surface area (Å²) in [4.78, 5) is 16.0. The van der Waals surface area contributed by atoms with Crippen LogP contribution in [0.5, 0.6) is 5.75 Å². The van der Waals surface area contributed by atoms with Crippen molar-refractivity contribution in [1.82, 2.24) is 4.98 Å². The third-order valence-corrected chi connectivity index (χ3v) is 3.30. The summed E-state index contributed by atoms with van der Waals surface area (Å²) in [6.45, 7) is 0. The number of carboxylic acids is 1. The quantitative estimate of drug-likeness (QED) is 0.917. The summed E-state index contributed by atoms with van der Waals surface area (Å²) in [5.74, 6) is -0.210. The average molecular weight is 261 g/mol. The Morgan fingerprint density at radius 3 is 2.61 bits per heavy atom. The predicted molar refractivity (Wildman–Crippen MR) is 68.3 cm³/mol. The lowest BCUT2D eigenvalue weighted by Crippen LogP contribution is -1.99. The van der Waals surface area contributed by atoms with E-state index >= 15 is 0 Å². The van der Waals surface area contributed by atoms with Crippen LogP contribution < -0.4 is 4.74 Å². The van der Waals surface area contributed by atoms with Crippen LogP contribution in [0.4, 0.5) is 0 Å². The monoisotopic (exact) mass is 261 g/mol. The van der Waals surface area contributed by atoms with E-state index in [-0.39, 0.29) is 5.56 Å². The maximum absolute atomic E-state index is 11.0. The zero-order valence-corrected chi connectivity index (χ0v) is 10.5. The molecule has 0 aliphatic rings. The Hall–Kier alpha value is -2.01. The van der Waals surface area contributed by atoms with Crippen LogP contribution in [0.2, 0.25) is 0 Å². The largest absolute Gasteiger partial charge is 0.497 e. The predicted octanol–water partition coefficient (Wildman–Crippen LogP) is 2.94. The standard InChI is InChI=1S/C13H11NO3S/c1-17-9-4-6-10(7-5-9)18-12-11(13(15)16)3-2-8-14-12/h2-8H,1H3,(H,15,16). The Bertz CT molecular complexity index is 554. The third kappa shape index (κ3) is 2.81. The Morgan fingerprint density at radius 1 is 1.28 bits per heavy atom. The van der Waals surface area contributed by atoms with E-state index in [0.29, 0.717) is 5.03 Å². The molecule has 0 aliphatic carbocycles. The zero-order valence-electron chi connectivity index (χ0n) is 9.66. The first-order chi connectivity index (χ1) is 8.70. The molecule has 1 N–H and O–H groups in total. The maximum atomic E-state index is 11.0. The van der Waals surface area contributed by atoms with E-state index in [1.165, 1.54) is 11.8 Å². The number of rotatable bonds is 4. The molecule has 2 rings (SSSR count). The molecule has 18 heavy (non-hydrogen) atoms. The summed E-state index contributed by atoms with van der Waals surface area (Å²) in [6, 6.07) is 10.5. The molecule has 1 aromatic carbocycles. The van der Waals surface area contributed by atoms with Gasteiger partial charge in [-0.1, -0.05) is 11.8 Å². The highest BCUT2D eigenvalue weighted by atomic mass is 32.2. The molecule has 0 aliphatic heterocycles. The van der Waals surface area contributed by atoms with Crippen LogP contribution in [-0.4, -0.2) is 23.2 Å². The van der Waals surface area contributed by atoms with Gasteiger partial charge in [0.05, 0.1) is 12.7 Å². The first-order valence-corrected chi connectivity index (χ1v) is 6.02. The highest BCUT2D eigenvalue weighted by Gasteiger charge is 2.11. The van der Waals surface area contributed by atoms with Crippen molar-refractivity contribution in [3.05, 3.63) is 48.2 Å². The van der Waals surface area contributed by atoms with Gasteiger partial charge in [0.15, 0.2) is 0 Å². The molecule has 92 valence electrons. The van der Waals surface area contributed by atoms with Crippen LogP contribution in [0.3, 0.4) is 0 Å². The molecule has 5 heteroatoms. The molecule has 0 unspecified atom stereocenters. The van der Waals surface area contributed by atoms with Crippen LogP contribution in [-0.2, 0) is 0 Å². The van der Waals surface area contributed by atoms with Crippen molar-refractivity contribution < 1.29 is 14.6 Å². The number of ether oxygens (including phenoxy) is 1. The number of methoxy groups -OCH3 is 1. The molecule has 0 bridgehead atoms. The van der Waals surface area contributed by atoms with E-state index in [1.54, 1.807) is 25.4 Å². The van der Waals surface area contributed by atoms with Crippen LogP contribution in [0.1, 0.15) is 10.4 Å². The van der Waals surface area contributed by atoms with Gasteiger partial charge >= 0.3 is 5.97 Å². The average Bonchev–Trinajstić information content (AvgIpc) is 2.40. The number of hydrogen-bond donors (Lipinski definition) is 1. The summed E-state index contributed by atoms with van der Waals surface area (Å²) in [5.41, 5.74) is 0.207. The van der Waals surface area contributed by atoms with E-state index in [4.69, 9.17) is 9.84 Å². The van der Waals surface area contributed by atoms with Crippen molar-refractivity contribution in [2.45, 2.75) is 9.92 Å². The van der Waals surface area contributed by atoms with Gasteiger partial charge in [-0.2, -0.15) is 0 Å². The Labute approximate surface area is 109 Å². The Balaban J connectivity index is 2.25. The van der Waals surface area contributed by atoms with Gasteiger partial charge in [0.2, 0.25) is 0 Å². The molecule has 1 aromatic heterocycles. The van der Waals surface area contributed by atoms with Gasteiger partial charge in [-0.25, -0.2) is 9.78 Å². The molecule has 4 nitrogen and oxygen atoms in total. The molecule has 0 fully saturated rings. The van der Waals surface area contributed by atoms with Crippen LogP contribution in [0.25, 0.3) is 0 Å². The summed E-state index contributed by atoms with van der Waals surface area (Å²) in [5, 5.41) is 9.53. The molecule has 0 saturated carbocycles. The van der Waals surface area contributed by atoms with Crippen molar-refractivity contribution in [3.63, 3.8) is 0 Å². The van der Waals surface area contributed by atoms with Crippen LogP contribution in [0.15, 0.2) is 52.5 Å². The van der Waals surface area contributed by atoms with Crippen LogP contribution in [0, 0.1) is 0 Å². The third-order valence-electron chi connectivity index (χ3n) is 2.28. The molecule has 0 amide bonds. The van der Waals surface area contributed by atoms with Gasteiger partial charge in [-0.3, -0.25) is 0 Å². The van der Waals surface area contributed by atoms with E-state index < -0.39 is 5.97 Å². The lowest BCUT2D eigenvalue weighted by Gasteiger charge is -2.05. The minimum Gasteiger partial charge on any atom is -0.497 e. The molecular weight excluding hydrogens is 250 g/mol. The van der Waals surface area contributed by atoms with Gasteiger partial charge in [0.25, 0.3) is 0 Å². The summed E-state index contributed by atoms with van der Waals surface area (Å²) in [7, 11) is 1.60. The fourth-order valence-corrected chi connectivity index (χ4v) is 2.26. The molecule has 2 aromatic rings. The highest BCUT2D eigenvalue weighted by molar-refractivity contribution is 7.99. The number of pyridine rings is 1. The summed E-state index contributed by atoms with van der Waals surface area (Å²) in [6.07, 6.45) is 1.58. The lowest BCUT2D eigenvalue weighted by molar-refractivity contribution is 0.0692. The number of aromatic carboxylic acids is 1. The number of nitrogens with zero attached hydrogens (tertiary/aromatic N) is 1. The van der Waals surface area contributed by atoms with Crippen molar-refractivity contribution in [2.75, 3.05) is 7.11 Å². The fourth-order valence-electron chi connectivity index (χ4n) is 1.39. The summed E-state index contributed by atoms with van der Waals surface area (Å²) >= 11 is 1.31. The number of hydrogen-bond acceptors (Lipinski definition) is 4. The van der Waals surface area contributed by atoms with E-state index in [1.807, 2.05) is 24.3 Å². The second-order valence-corrected chi connectivity index (χ2v) is 4.50. The maximum Gasteiger partial charge on any atom is 0.338 e. The van der Waals surface area contributed by atoms with Crippen LogP contribution >= 0.6 is 11.8 Å². The smallest absolute Gasteiger partial charge is 0.338 e. The highest BCUT2D eigenvalue weighted by Crippen LogP contribution is 2.29. The number of carbonyl (C=O) groups is 1. The minimum absolute atomic E-state index is 0.207. The lowest BCUT2D eigenvalue weighted by atomic mass is 10.3. The first kappa shape index (κ1) is 12.4. The molecule has 0 atom stereocenters. The zero-order chi connectivity index (χ0) is 13.0. The molecular formula is C13H11NO3S. The van der Waals surface area contributed by atoms with Gasteiger partial charge in [-0.05, 0) is 36.4 Å². The molecule has 0 radical (unpaired) electrons. The van der Waals surface area contributed by atoms with E-state index in [2.05, 4.69) is 4.98 Å². The number of aromatic nitrogens is 1. The van der Waals surface area contributed by atoms with Crippen molar-refractivity contribution in [3.8, 4) is 5.75 Å². The normalized spacial score (nSPS) is 10.1. The SMILES string of the molecule is COc1ccc(Sc2ncccc2C(=O)O)cc1. The molecule has 0 saturated heterocycles. The Kier molecular flexibility index (Phi) is 3.84. The molecule has 1 heterocycles. The summed E-state index contributed by atoms with van der Waals surface area (Å²) < 4.78 is 5.06. The van der Waals surface area contributed by atoms with E-state index in [9.17, 15) is 4.79 Å². The van der Waals surface area contributed by atoms with Crippen molar-refractivity contribution in [1.29, 1.82) is 0 Å². The van der Waals surface area contributed by atoms with Gasteiger partial charge in [0, 0.05) is 11.1 Å². The van der Waals surface area contributed by atoms with Crippen molar-refractivity contribution in [2.24, 2.45) is 0 Å². The number of benzene rings is 1. The minimum atomic E-state index is -0.973. The second-order valence-electron chi connectivity index (χ2n) is 3.44. The first-order valence-electron chi connectivity index (χ1n) is 5.21. The number of carboxylic acid groups (broad SMARTS) is 1. The fraction of sp³-hybridized carbons (Fsp3) is 0.0769. The second kappa shape index (κ2) is 5.55. The molecule has 0 spiro atoms. The Morgan fingerprint density at radius 2 is 2.00 bits per heavy atom. The van der Waals surface area contributed by atoms with Gasteiger partial charge in [0.1, 0.15) is 10.8 Å².